The number of alkyl carbamates (subject to hydrolysis) is 1. The van der Waals surface area contributed by atoms with Crippen LogP contribution in [-0.2, 0) is 45.9 Å². The Kier molecular flexibility index (Phi) is 13.7. The Morgan fingerprint density at radius 3 is 1.86 bits per heavy atom. The molecule has 3 aromatic carbocycles. The topological polar surface area (TPSA) is 141 Å². The van der Waals surface area contributed by atoms with Gasteiger partial charge in [-0.3, -0.25) is 9.36 Å². The third-order valence-corrected chi connectivity index (χ3v) is 8.03. The minimum absolute atomic E-state index is 0.0107. The molecule has 1 atom stereocenters. The summed E-state index contributed by atoms with van der Waals surface area (Å²) in [5.74, 6) is -1.33. The van der Waals surface area contributed by atoms with E-state index in [2.05, 4.69) is 16.0 Å². The van der Waals surface area contributed by atoms with Crippen LogP contribution in [0.1, 0.15) is 31.4 Å². The standard InChI is InChI=1S/C31H38N3O8P/c1-3-41-43(38,42-4-2)20-19-32-26-17-11-12-18-27(26)33-29(35)21-28(30(36)39-22-24-13-7-5-8-14-24)34-31(37)40-23-25-15-9-6-10-16-25/h5-18,28,32H,3-4,19-23H2,1-2H3,(H,33,35)(H,34,37)/t28-/m1/s1. The lowest BCUT2D eigenvalue weighted by Gasteiger charge is -2.19. The average molecular weight is 612 g/mol. The molecule has 0 saturated heterocycles. The van der Waals surface area contributed by atoms with Crippen LogP contribution in [-0.4, -0.2) is 49.9 Å². The van der Waals surface area contributed by atoms with Gasteiger partial charge in [0.1, 0.15) is 19.3 Å². The molecule has 3 N–H and O–H groups in total. The van der Waals surface area contributed by atoms with Crippen LogP contribution < -0.4 is 16.0 Å². The molecule has 0 aromatic heterocycles. The predicted molar refractivity (Wildman–Crippen MR) is 164 cm³/mol. The molecule has 0 bridgehead atoms. The molecule has 2 amide bonds. The number of carbonyl (C=O) groups is 3. The first-order valence-electron chi connectivity index (χ1n) is 14.0. The van der Waals surface area contributed by atoms with Gasteiger partial charge < -0.3 is 34.5 Å². The lowest BCUT2D eigenvalue weighted by molar-refractivity contribution is -0.148. The van der Waals surface area contributed by atoms with E-state index in [-0.39, 0.29) is 39.1 Å². The number of ether oxygens (including phenoxy) is 2. The van der Waals surface area contributed by atoms with E-state index in [0.29, 0.717) is 11.4 Å². The van der Waals surface area contributed by atoms with Crippen molar-refractivity contribution in [2.45, 2.75) is 39.5 Å². The molecule has 43 heavy (non-hydrogen) atoms. The normalized spacial score (nSPS) is 11.7. The fraction of sp³-hybridized carbons (Fsp3) is 0.323. The predicted octanol–water partition coefficient (Wildman–Crippen LogP) is 5.73. The van der Waals surface area contributed by atoms with Crippen molar-refractivity contribution >= 4 is 36.9 Å². The second-order valence-corrected chi connectivity index (χ2v) is 11.4. The van der Waals surface area contributed by atoms with E-state index in [0.717, 1.165) is 11.1 Å². The van der Waals surface area contributed by atoms with Gasteiger partial charge >= 0.3 is 19.7 Å². The van der Waals surface area contributed by atoms with E-state index >= 15 is 0 Å². The fourth-order valence-electron chi connectivity index (χ4n) is 3.95. The molecular weight excluding hydrogens is 573 g/mol. The summed E-state index contributed by atoms with van der Waals surface area (Å²) >= 11 is 0. The lowest BCUT2D eigenvalue weighted by atomic mass is 10.2. The van der Waals surface area contributed by atoms with Crippen LogP contribution in [0.4, 0.5) is 16.2 Å². The Balaban J connectivity index is 1.63. The van der Waals surface area contributed by atoms with Crippen LogP contribution in [0, 0.1) is 0 Å². The summed E-state index contributed by atoms with van der Waals surface area (Å²) in [6.45, 7) is 4.22. The van der Waals surface area contributed by atoms with Crippen molar-refractivity contribution in [3.05, 3.63) is 96.1 Å². The number of hydrogen-bond donors (Lipinski definition) is 3. The lowest BCUT2D eigenvalue weighted by Crippen LogP contribution is -2.44. The summed E-state index contributed by atoms with van der Waals surface area (Å²) in [7, 11) is -3.25. The number of amides is 2. The molecule has 11 nitrogen and oxygen atoms in total. The molecule has 0 spiro atoms. The van der Waals surface area contributed by atoms with E-state index in [1.54, 1.807) is 62.4 Å². The maximum atomic E-state index is 13.1. The van der Waals surface area contributed by atoms with Gasteiger partial charge in [0.15, 0.2) is 0 Å². The number of benzene rings is 3. The van der Waals surface area contributed by atoms with Gasteiger partial charge in [0.25, 0.3) is 0 Å². The summed E-state index contributed by atoms with van der Waals surface area (Å²) < 4.78 is 34.1. The Morgan fingerprint density at radius 1 is 0.744 bits per heavy atom. The van der Waals surface area contributed by atoms with Gasteiger partial charge in [0, 0.05) is 6.54 Å². The maximum Gasteiger partial charge on any atom is 0.408 e. The Hall–Kier alpha value is -4.18. The van der Waals surface area contributed by atoms with Crippen LogP contribution >= 0.6 is 7.60 Å². The third kappa shape index (κ3) is 11.9. The number of carbonyl (C=O) groups excluding carboxylic acids is 3. The number of para-hydroxylation sites is 2. The van der Waals surface area contributed by atoms with Crippen LogP contribution in [0.3, 0.4) is 0 Å². The molecule has 3 rings (SSSR count). The van der Waals surface area contributed by atoms with Crippen molar-refractivity contribution in [2.75, 3.05) is 36.6 Å². The second kappa shape index (κ2) is 17.7. The number of rotatable bonds is 17. The van der Waals surface area contributed by atoms with E-state index in [4.69, 9.17) is 18.5 Å². The number of hydrogen-bond acceptors (Lipinski definition) is 9. The minimum atomic E-state index is -3.25. The van der Waals surface area contributed by atoms with Gasteiger partial charge in [0.2, 0.25) is 5.91 Å². The molecule has 0 aliphatic carbocycles. The van der Waals surface area contributed by atoms with Crippen LogP contribution in [0.5, 0.6) is 0 Å². The molecular formula is C31H38N3O8P. The van der Waals surface area contributed by atoms with Crippen molar-refractivity contribution in [3.63, 3.8) is 0 Å². The minimum Gasteiger partial charge on any atom is -0.459 e. The molecule has 3 aromatic rings. The van der Waals surface area contributed by atoms with Gasteiger partial charge in [-0.15, -0.1) is 0 Å². The smallest absolute Gasteiger partial charge is 0.408 e. The highest BCUT2D eigenvalue weighted by molar-refractivity contribution is 7.53. The van der Waals surface area contributed by atoms with Crippen molar-refractivity contribution in [1.29, 1.82) is 0 Å². The molecule has 0 radical (unpaired) electrons. The molecule has 0 heterocycles. The number of anilines is 2. The van der Waals surface area contributed by atoms with Crippen molar-refractivity contribution in [2.24, 2.45) is 0 Å². The van der Waals surface area contributed by atoms with Crippen molar-refractivity contribution in [3.8, 4) is 0 Å². The van der Waals surface area contributed by atoms with Crippen LogP contribution in [0.25, 0.3) is 0 Å². The first kappa shape index (κ1) is 33.3. The summed E-state index contributed by atoms with van der Waals surface area (Å²) in [6.07, 6.45) is -1.15. The van der Waals surface area contributed by atoms with Crippen molar-refractivity contribution in [1.82, 2.24) is 5.32 Å². The van der Waals surface area contributed by atoms with E-state index < -0.39 is 38.0 Å². The molecule has 0 unspecified atom stereocenters. The number of nitrogens with one attached hydrogen (secondary N) is 3. The Morgan fingerprint density at radius 2 is 1.28 bits per heavy atom. The first-order valence-corrected chi connectivity index (χ1v) is 15.7. The Bertz CT molecular complexity index is 1350. The fourth-order valence-corrected chi connectivity index (χ4v) is 5.45. The zero-order valence-corrected chi connectivity index (χ0v) is 25.2. The zero-order chi connectivity index (χ0) is 30.9. The van der Waals surface area contributed by atoms with Gasteiger partial charge in [-0.25, -0.2) is 9.59 Å². The van der Waals surface area contributed by atoms with Gasteiger partial charge in [-0.2, -0.15) is 0 Å². The molecule has 0 aliphatic heterocycles. The van der Waals surface area contributed by atoms with Crippen LogP contribution in [0.15, 0.2) is 84.9 Å². The molecule has 230 valence electrons. The molecule has 0 fully saturated rings. The van der Waals surface area contributed by atoms with Gasteiger partial charge in [-0.05, 0) is 37.1 Å². The zero-order valence-electron chi connectivity index (χ0n) is 24.3. The maximum absolute atomic E-state index is 13.1. The summed E-state index contributed by atoms with van der Waals surface area (Å²) in [5.41, 5.74) is 2.51. The van der Waals surface area contributed by atoms with E-state index in [9.17, 15) is 18.9 Å². The SMILES string of the molecule is CCOP(=O)(CCNc1ccccc1NC(=O)C[C@@H](NC(=O)OCc1ccccc1)C(=O)OCc1ccccc1)OCC. The highest BCUT2D eigenvalue weighted by atomic mass is 31.2. The second-order valence-electron chi connectivity index (χ2n) is 9.25. The summed E-state index contributed by atoms with van der Waals surface area (Å²) in [4.78, 5) is 38.6. The monoisotopic (exact) mass is 611 g/mol. The summed E-state index contributed by atoms with van der Waals surface area (Å²) in [5, 5.41) is 8.37. The summed E-state index contributed by atoms with van der Waals surface area (Å²) in [6, 6.07) is 23.7. The molecule has 12 heteroatoms. The van der Waals surface area contributed by atoms with Gasteiger partial charge in [-0.1, -0.05) is 72.8 Å². The number of esters is 1. The van der Waals surface area contributed by atoms with Crippen molar-refractivity contribution < 1.29 is 37.5 Å². The van der Waals surface area contributed by atoms with E-state index in [1.807, 2.05) is 36.4 Å². The molecule has 0 aliphatic rings. The first-order chi connectivity index (χ1) is 20.8. The molecule has 0 saturated carbocycles. The van der Waals surface area contributed by atoms with Gasteiger partial charge in [0.05, 0.1) is 37.2 Å². The Labute approximate surface area is 251 Å². The quantitative estimate of drug-likeness (QED) is 0.129. The third-order valence-electron chi connectivity index (χ3n) is 5.96. The van der Waals surface area contributed by atoms with Crippen LogP contribution in [0.2, 0.25) is 0 Å². The highest BCUT2D eigenvalue weighted by Gasteiger charge is 2.27. The highest BCUT2D eigenvalue weighted by Crippen LogP contribution is 2.47. The average Bonchev–Trinajstić information content (AvgIpc) is 3.00. The van der Waals surface area contributed by atoms with E-state index in [1.165, 1.54) is 0 Å². The largest absolute Gasteiger partial charge is 0.459 e.